The number of unbranched alkanes of at least 4 members (excludes halogenated alkanes) is 1. The van der Waals surface area contributed by atoms with Crippen molar-refractivity contribution >= 4 is 11.6 Å². The van der Waals surface area contributed by atoms with E-state index in [-0.39, 0.29) is 5.82 Å². The molecule has 1 aromatic carbocycles. The summed E-state index contributed by atoms with van der Waals surface area (Å²) in [5.74, 6) is -0.257. The van der Waals surface area contributed by atoms with Crippen LogP contribution in [0.4, 0.5) is 4.39 Å². The maximum Gasteiger partial charge on any atom is 0.127 e. The monoisotopic (exact) mass is 226 g/mol. The second-order valence-electron chi connectivity index (χ2n) is 3.17. The van der Waals surface area contributed by atoms with Gasteiger partial charge in [0.2, 0.25) is 0 Å². The molecule has 0 aliphatic carbocycles. The van der Waals surface area contributed by atoms with Crippen molar-refractivity contribution in [3.05, 3.63) is 34.6 Å². The topological polar surface area (TPSA) is 35.8 Å². The molecule has 0 heterocycles. The molecule has 80 valence electrons. The summed E-state index contributed by atoms with van der Waals surface area (Å²) in [5, 5.41) is 11.9. The maximum absolute atomic E-state index is 13.2. The number of hydrogen-bond acceptors (Lipinski definition) is 2. The standard InChI is InChI=1S/C11H12ClFN2/c12-10-3-4-11(13)9(7-10)8-15-6-2-1-5-14/h3-4,7,15H,1-2,6,8H2. The van der Waals surface area contributed by atoms with Crippen molar-refractivity contribution in [3.8, 4) is 6.07 Å². The van der Waals surface area contributed by atoms with E-state index in [0.29, 0.717) is 30.1 Å². The van der Waals surface area contributed by atoms with Gasteiger partial charge in [-0.15, -0.1) is 0 Å². The molecule has 0 unspecified atom stereocenters. The molecule has 0 fully saturated rings. The first-order chi connectivity index (χ1) is 7.24. The molecule has 0 bridgehead atoms. The third-order valence-corrected chi connectivity index (χ3v) is 2.20. The Labute approximate surface area is 93.7 Å². The van der Waals surface area contributed by atoms with Crippen molar-refractivity contribution in [2.75, 3.05) is 6.54 Å². The molecule has 1 aromatic rings. The summed E-state index contributed by atoms with van der Waals surface area (Å²) in [7, 11) is 0. The van der Waals surface area contributed by atoms with Crippen LogP contribution in [0.5, 0.6) is 0 Å². The summed E-state index contributed by atoms with van der Waals surface area (Å²) in [5.41, 5.74) is 0.555. The van der Waals surface area contributed by atoms with Crippen LogP contribution in [0.25, 0.3) is 0 Å². The van der Waals surface area contributed by atoms with Crippen LogP contribution in [-0.2, 0) is 6.54 Å². The first-order valence-corrected chi connectivity index (χ1v) is 5.13. The lowest BCUT2D eigenvalue weighted by Crippen LogP contribution is -2.15. The summed E-state index contributed by atoms with van der Waals surface area (Å²) in [6.45, 7) is 1.15. The SMILES string of the molecule is N#CCCCNCc1cc(Cl)ccc1F. The van der Waals surface area contributed by atoms with Crippen LogP contribution in [0.2, 0.25) is 5.02 Å². The Morgan fingerprint density at radius 2 is 2.27 bits per heavy atom. The molecule has 0 aliphatic rings. The Morgan fingerprint density at radius 1 is 1.47 bits per heavy atom. The summed E-state index contributed by atoms with van der Waals surface area (Å²) < 4.78 is 13.2. The average molecular weight is 227 g/mol. The van der Waals surface area contributed by atoms with Crippen LogP contribution < -0.4 is 5.32 Å². The molecule has 0 amide bonds. The van der Waals surface area contributed by atoms with Gasteiger partial charge in [-0.3, -0.25) is 0 Å². The lowest BCUT2D eigenvalue weighted by molar-refractivity contribution is 0.583. The molecule has 0 spiro atoms. The third-order valence-electron chi connectivity index (χ3n) is 1.97. The number of halogens is 2. The van der Waals surface area contributed by atoms with E-state index < -0.39 is 0 Å². The van der Waals surface area contributed by atoms with Gasteiger partial charge in [-0.1, -0.05) is 11.6 Å². The minimum atomic E-state index is -0.257. The van der Waals surface area contributed by atoms with Gasteiger partial charge in [-0.2, -0.15) is 5.26 Å². The second-order valence-corrected chi connectivity index (χ2v) is 3.61. The maximum atomic E-state index is 13.2. The molecule has 0 aliphatic heterocycles. The highest BCUT2D eigenvalue weighted by Crippen LogP contribution is 2.14. The van der Waals surface area contributed by atoms with E-state index in [1.807, 2.05) is 0 Å². The predicted molar refractivity (Wildman–Crippen MR) is 58.0 cm³/mol. The number of hydrogen-bond donors (Lipinski definition) is 1. The molecule has 1 rings (SSSR count). The Hall–Kier alpha value is -1.11. The highest BCUT2D eigenvalue weighted by Gasteiger charge is 2.01. The molecule has 0 atom stereocenters. The quantitative estimate of drug-likeness (QED) is 0.784. The van der Waals surface area contributed by atoms with Gasteiger partial charge in [0, 0.05) is 23.6 Å². The zero-order valence-corrected chi connectivity index (χ0v) is 9.02. The van der Waals surface area contributed by atoms with E-state index in [1.165, 1.54) is 12.1 Å². The number of nitrogens with zero attached hydrogens (tertiary/aromatic N) is 1. The smallest absolute Gasteiger partial charge is 0.127 e. The Bertz CT molecular complexity index is 360. The molecular weight excluding hydrogens is 215 g/mol. The summed E-state index contributed by atoms with van der Waals surface area (Å²) >= 11 is 5.74. The Morgan fingerprint density at radius 3 is 3.00 bits per heavy atom. The van der Waals surface area contributed by atoms with Gasteiger partial charge in [-0.25, -0.2) is 4.39 Å². The molecule has 15 heavy (non-hydrogen) atoms. The minimum absolute atomic E-state index is 0.257. The van der Waals surface area contributed by atoms with Gasteiger partial charge in [0.1, 0.15) is 5.82 Å². The molecule has 1 N–H and O–H groups in total. The second kappa shape index (κ2) is 6.39. The number of nitrogens with one attached hydrogen (secondary N) is 1. The van der Waals surface area contributed by atoms with Gasteiger partial charge in [-0.05, 0) is 31.2 Å². The highest BCUT2D eigenvalue weighted by molar-refractivity contribution is 6.30. The molecular formula is C11H12ClFN2. The number of rotatable bonds is 5. The zero-order chi connectivity index (χ0) is 11.1. The summed E-state index contributed by atoms with van der Waals surface area (Å²) in [6.07, 6.45) is 1.30. The number of benzene rings is 1. The average Bonchev–Trinajstić information content (AvgIpc) is 2.23. The largest absolute Gasteiger partial charge is 0.313 e. The normalized spacial score (nSPS) is 9.93. The fourth-order valence-corrected chi connectivity index (χ4v) is 1.39. The van der Waals surface area contributed by atoms with E-state index in [2.05, 4.69) is 11.4 Å². The molecule has 0 radical (unpaired) electrons. The van der Waals surface area contributed by atoms with Gasteiger partial charge < -0.3 is 5.32 Å². The van der Waals surface area contributed by atoms with Crippen molar-refractivity contribution in [1.82, 2.24) is 5.32 Å². The Kier molecular flexibility index (Phi) is 5.09. The van der Waals surface area contributed by atoms with Crippen molar-refractivity contribution in [3.63, 3.8) is 0 Å². The molecule has 0 aromatic heterocycles. The van der Waals surface area contributed by atoms with Crippen LogP contribution in [0.1, 0.15) is 18.4 Å². The van der Waals surface area contributed by atoms with E-state index in [1.54, 1.807) is 6.07 Å². The van der Waals surface area contributed by atoms with Gasteiger partial charge >= 0.3 is 0 Å². The van der Waals surface area contributed by atoms with E-state index >= 15 is 0 Å². The minimum Gasteiger partial charge on any atom is -0.313 e. The zero-order valence-electron chi connectivity index (χ0n) is 8.26. The molecule has 4 heteroatoms. The van der Waals surface area contributed by atoms with Crippen LogP contribution >= 0.6 is 11.6 Å². The molecule has 0 saturated carbocycles. The Balaban J connectivity index is 2.37. The first-order valence-electron chi connectivity index (χ1n) is 4.75. The van der Waals surface area contributed by atoms with Crippen LogP contribution in [0, 0.1) is 17.1 Å². The third kappa shape index (κ3) is 4.28. The lowest BCUT2D eigenvalue weighted by Gasteiger charge is -2.05. The van der Waals surface area contributed by atoms with Crippen molar-refractivity contribution in [2.24, 2.45) is 0 Å². The summed E-state index contributed by atoms with van der Waals surface area (Å²) in [6, 6.07) is 6.54. The van der Waals surface area contributed by atoms with E-state index in [0.717, 1.165) is 6.42 Å². The van der Waals surface area contributed by atoms with Crippen LogP contribution in [-0.4, -0.2) is 6.54 Å². The van der Waals surface area contributed by atoms with Crippen molar-refractivity contribution in [2.45, 2.75) is 19.4 Å². The summed E-state index contributed by atoms with van der Waals surface area (Å²) in [4.78, 5) is 0. The highest BCUT2D eigenvalue weighted by atomic mass is 35.5. The molecule has 2 nitrogen and oxygen atoms in total. The van der Waals surface area contributed by atoms with Crippen molar-refractivity contribution < 1.29 is 4.39 Å². The fraction of sp³-hybridized carbons (Fsp3) is 0.364. The van der Waals surface area contributed by atoms with Crippen LogP contribution in [0.15, 0.2) is 18.2 Å². The van der Waals surface area contributed by atoms with Gasteiger partial charge in [0.25, 0.3) is 0 Å². The molecule has 0 saturated heterocycles. The van der Waals surface area contributed by atoms with Gasteiger partial charge in [0.15, 0.2) is 0 Å². The van der Waals surface area contributed by atoms with E-state index in [4.69, 9.17) is 16.9 Å². The van der Waals surface area contributed by atoms with Crippen LogP contribution in [0.3, 0.4) is 0 Å². The van der Waals surface area contributed by atoms with Gasteiger partial charge in [0.05, 0.1) is 6.07 Å². The predicted octanol–water partition coefficient (Wildman–Crippen LogP) is 2.87. The van der Waals surface area contributed by atoms with Crippen molar-refractivity contribution in [1.29, 1.82) is 5.26 Å². The fourth-order valence-electron chi connectivity index (χ4n) is 1.19. The lowest BCUT2D eigenvalue weighted by atomic mass is 10.2. The number of nitriles is 1. The van der Waals surface area contributed by atoms with E-state index in [9.17, 15) is 4.39 Å². The first kappa shape index (κ1) is 12.0.